The SMILES string of the molecule is Cl.O=C(CCc1cc(C(F)(F)F)cc(C(F)(F)F)c1)[C@H](Cc1c[nH]c2ccccc12)NC(=O)C12CCN(CC1)CC2. The number of fused-ring (bicyclic) bond motifs is 4. The van der Waals surface area contributed by atoms with Gasteiger partial charge >= 0.3 is 12.4 Å². The topological polar surface area (TPSA) is 65.2 Å². The number of nitrogens with one attached hydrogen (secondary N) is 2. The number of carbonyl (C=O) groups is 2. The summed E-state index contributed by atoms with van der Waals surface area (Å²) in [7, 11) is 0. The van der Waals surface area contributed by atoms with E-state index in [0.29, 0.717) is 31.4 Å². The van der Waals surface area contributed by atoms with Crippen LogP contribution < -0.4 is 5.32 Å². The van der Waals surface area contributed by atoms with Gasteiger partial charge in [0.05, 0.1) is 22.6 Å². The number of aryl methyl sites for hydroxylation is 1. The first kappa shape index (κ1) is 30.9. The first-order chi connectivity index (χ1) is 18.8. The van der Waals surface area contributed by atoms with Crippen LogP contribution in [0.25, 0.3) is 10.9 Å². The highest BCUT2D eigenvalue weighted by molar-refractivity contribution is 5.92. The molecule has 0 saturated carbocycles. The van der Waals surface area contributed by atoms with Gasteiger partial charge < -0.3 is 15.2 Å². The Kier molecular flexibility index (Phi) is 8.80. The number of nitrogens with zero attached hydrogens (tertiary/aromatic N) is 1. The summed E-state index contributed by atoms with van der Waals surface area (Å²) in [6, 6.07) is 7.82. The van der Waals surface area contributed by atoms with Crippen molar-refractivity contribution in [3.8, 4) is 0 Å². The number of Topliss-reactive ketones (excluding diaryl/α,β-unsaturated/α-hetero) is 1. The Balaban J connectivity index is 0.00000387. The summed E-state index contributed by atoms with van der Waals surface area (Å²) < 4.78 is 79.8. The number of para-hydroxylation sites is 1. The van der Waals surface area contributed by atoms with Crippen molar-refractivity contribution in [3.63, 3.8) is 0 Å². The number of ketones is 1. The summed E-state index contributed by atoms with van der Waals surface area (Å²) >= 11 is 0. The molecule has 3 fully saturated rings. The first-order valence-electron chi connectivity index (χ1n) is 13.2. The summed E-state index contributed by atoms with van der Waals surface area (Å²) in [6.45, 7) is 2.39. The van der Waals surface area contributed by atoms with E-state index in [-0.39, 0.29) is 49.2 Å². The lowest BCUT2D eigenvalue weighted by molar-refractivity contribution is -0.143. The van der Waals surface area contributed by atoms with Crippen LogP contribution in [0.15, 0.2) is 48.7 Å². The molecular weight excluding hydrogens is 572 g/mol. The van der Waals surface area contributed by atoms with E-state index in [4.69, 9.17) is 0 Å². The van der Waals surface area contributed by atoms with Crippen molar-refractivity contribution in [2.75, 3.05) is 19.6 Å². The number of alkyl halides is 6. The van der Waals surface area contributed by atoms with Gasteiger partial charge in [-0.15, -0.1) is 12.4 Å². The molecule has 1 atom stereocenters. The molecule has 0 spiro atoms. The molecule has 0 radical (unpaired) electrons. The molecule has 0 aliphatic carbocycles. The first-order valence-corrected chi connectivity index (χ1v) is 13.2. The standard InChI is InChI=1S/C29H29F6N3O2.ClH/c30-28(31,32)20-13-18(14-21(16-20)29(33,34)35)5-6-25(39)24(15-19-17-36-23-4-2-1-3-22(19)23)37-26(40)27-7-10-38(11-8-27)12-9-27;/h1-4,13-14,16-17,24,36H,5-12,15H2,(H,37,40);1H/t24-;/m0./s1. The number of aromatic nitrogens is 1. The second-order valence-electron chi connectivity index (χ2n) is 10.8. The molecule has 2 aromatic carbocycles. The summed E-state index contributed by atoms with van der Waals surface area (Å²) in [5.74, 6) is -0.669. The quantitative estimate of drug-likeness (QED) is 0.296. The summed E-state index contributed by atoms with van der Waals surface area (Å²) in [6.07, 6.45) is -6.67. The number of aromatic amines is 1. The Hall–Kier alpha value is -3.05. The van der Waals surface area contributed by atoms with Crippen LogP contribution in [0, 0.1) is 5.41 Å². The third-order valence-corrected chi connectivity index (χ3v) is 8.30. The van der Waals surface area contributed by atoms with E-state index in [0.717, 1.165) is 36.1 Å². The van der Waals surface area contributed by atoms with Gasteiger partial charge in [0, 0.05) is 29.9 Å². The van der Waals surface area contributed by atoms with Crippen LogP contribution in [0.5, 0.6) is 0 Å². The molecule has 4 heterocycles. The molecule has 5 nitrogen and oxygen atoms in total. The van der Waals surface area contributed by atoms with Crippen LogP contribution in [-0.2, 0) is 34.8 Å². The minimum absolute atomic E-state index is 0. The summed E-state index contributed by atoms with van der Waals surface area (Å²) in [5, 5.41) is 3.80. The maximum Gasteiger partial charge on any atom is 0.416 e. The van der Waals surface area contributed by atoms with Gasteiger partial charge in [-0.2, -0.15) is 26.3 Å². The van der Waals surface area contributed by atoms with Gasteiger partial charge in [0.1, 0.15) is 0 Å². The van der Waals surface area contributed by atoms with Crippen LogP contribution >= 0.6 is 12.4 Å². The number of halogens is 7. The van der Waals surface area contributed by atoms with Crippen molar-refractivity contribution in [1.82, 2.24) is 15.2 Å². The number of amides is 1. The molecule has 12 heteroatoms. The fraction of sp³-hybridized carbons (Fsp3) is 0.448. The third kappa shape index (κ3) is 6.72. The Morgan fingerprint density at radius 3 is 2.10 bits per heavy atom. The zero-order chi connectivity index (χ0) is 28.7. The van der Waals surface area contributed by atoms with Crippen molar-refractivity contribution in [3.05, 3.63) is 70.9 Å². The second kappa shape index (κ2) is 11.7. The predicted molar refractivity (Wildman–Crippen MR) is 144 cm³/mol. The van der Waals surface area contributed by atoms with Crippen molar-refractivity contribution in [2.45, 2.75) is 56.9 Å². The zero-order valence-electron chi connectivity index (χ0n) is 22.0. The smallest absolute Gasteiger partial charge is 0.361 e. The molecule has 3 aliphatic heterocycles. The Morgan fingerprint density at radius 1 is 0.927 bits per heavy atom. The Morgan fingerprint density at radius 2 is 1.51 bits per heavy atom. The van der Waals surface area contributed by atoms with Crippen molar-refractivity contribution >= 4 is 35.0 Å². The molecule has 41 heavy (non-hydrogen) atoms. The van der Waals surface area contributed by atoms with Gasteiger partial charge in [0.2, 0.25) is 5.91 Å². The lowest BCUT2D eigenvalue weighted by atomic mass is 9.71. The van der Waals surface area contributed by atoms with E-state index in [2.05, 4.69) is 15.2 Å². The van der Waals surface area contributed by atoms with E-state index in [1.165, 1.54) is 0 Å². The van der Waals surface area contributed by atoms with Gasteiger partial charge in [0.15, 0.2) is 5.78 Å². The number of hydrogen-bond donors (Lipinski definition) is 2. The average molecular weight is 602 g/mol. The molecule has 3 aromatic rings. The molecule has 3 aliphatic rings. The summed E-state index contributed by atoms with van der Waals surface area (Å²) in [4.78, 5) is 32.4. The molecule has 2 N–H and O–H groups in total. The highest BCUT2D eigenvalue weighted by atomic mass is 35.5. The van der Waals surface area contributed by atoms with Crippen LogP contribution in [0.3, 0.4) is 0 Å². The summed E-state index contributed by atoms with van der Waals surface area (Å²) in [5.41, 5.74) is -2.03. The maximum atomic E-state index is 13.5. The fourth-order valence-corrected chi connectivity index (χ4v) is 5.85. The second-order valence-corrected chi connectivity index (χ2v) is 10.8. The van der Waals surface area contributed by atoms with Crippen molar-refractivity contribution < 1.29 is 35.9 Å². The van der Waals surface area contributed by atoms with Crippen LogP contribution in [0.4, 0.5) is 26.3 Å². The van der Waals surface area contributed by atoms with Gasteiger partial charge in [-0.3, -0.25) is 9.59 Å². The zero-order valence-corrected chi connectivity index (χ0v) is 22.8. The number of benzene rings is 2. The normalized spacial score (nSPS) is 21.4. The lowest BCUT2D eigenvalue weighted by Crippen LogP contribution is -2.57. The third-order valence-electron chi connectivity index (χ3n) is 8.30. The molecule has 1 aromatic heterocycles. The van der Waals surface area contributed by atoms with Crippen LogP contribution in [0.1, 0.15) is 47.9 Å². The molecular formula is C29H30ClF6N3O2. The Labute approximate surface area is 239 Å². The van der Waals surface area contributed by atoms with Gasteiger partial charge in [-0.05, 0) is 80.7 Å². The van der Waals surface area contributed by atoms with Crippen molar-refractivity contribution in [2.24, 2.45) is 5.41 Å². The van der Waals surface area contributed by atoms with Crippen LogP contribution in [0.2, 0.25) is 0 Å². The average Bonchev–Trinajstić information content (AvgIpc) is 3.34. The predicted octanol–water partition coefficient (Wildman–Crippen LogP) is 6.34. The van der Waals surface area contributed by atoms with E-state index in [1.807, 2.05) is 24.3 Å². The van der Waals surface area contributed by atoms with Crippen molar-refractivity contribution in [1.29, 1.82) is 0 Å². The van der Waals surface area contributed by atoms with Crippen LogP contribution in [-0.4, -0.2) is 47.3 Å². The van der Waals surface area contributed by atoms with Gasteiger partial charge in [-0.1, -0.05) is 18.2 Å². The molecule has 222 valence electrons. The number of hydrogen-bond acceptors (Lipinski definition) is 3. The van der Waals surface area contributed by atoms with E-state index in [1.54, 1.807) is 6.20 Å². The minimum atomic E-state index is -4.97. The van der Waals surface area contributed by atoms with E-state index < -0.39 is 40.7 Å². The Bertz CT molecular complexity index is 1360. The maximum absolute atomic E-state index is 13.5. The minimum Gasteiger partial charge on any atom is -0.361 e. The molecule has 1 amide bonds. The van der Waals surface area contributed by atoms with Gasteiger partial charge in [-0.25, -0.2) is 0 Å². The largest absolute Gasteiger partial charge is 0.416 e. The number of H-pyrrole nitrogens is 1. The molecule has 2 bridgehead atoms. The van der Waals surface area contributed by atoms with E-state index in [9.17, 15) is 35.9 Å². The van der Waals surface area contributed by atoms with Gasteiger partial charge in [0.25, 0.3) is 0 Å². The van der Waals surface area contributed by atoms with E-state index >= 15 is 0 Å². The molecule has 3 saturated heterocycles. The monoisotopic (exact) mass is 601 g/mol. The highest BCUT2D eigenvalue weighted by Crippen LogP contribution is 2.40. The number of carbonyl (C=O) groups excluding carboxylic acids is 2. The number of rotatable bonds is 8. The highest BCUT2D eigenvalue weighted by Gasteiger charge is 2.46. The molecule has 0 unspecified atom stereocenters. The number of piperidine rings is 3. The molecule has 6 rings (SSSR count). The fourth-order valence-electron chi connectivity index (χ4n) is 5.85. The lowest BCUT2D eigenvalue weighted by Gasteiger charge is -2.47.